The Morgan fingerprint density at radius 1 is 1.33 bits per heavy atom. The van der Waals surface area contributed by atoms with Crippen LogP contribution in [0.25, 0.3) is 0 Å². The first kappa shape index (κ1) is 10.8. The maximum absolute atomic E-state index is 13.4. The lowest BCUT2D eigenvalue weighted by atomic mass is 10.0. The predicted octanol–water partition coefficient (Wildman–Crippen LogP) is 3.42. The highest BCUT2D eigenvalue weighted by atomic mass is 35.5. The monoisotopic (exact) mass is 231 g/mol. The van der Waals surface area contributed by atoms with Crippen LogP contribution in [0.5, 0.6) is 0 Å². The lowest BCUT2D eigenvalue weighted by Gasteiger charge is -2.13. The highest BCUT2D eigenvalue weighted by molar-refractivity contribution is 6.30. The lowest BCUT2D eigenvalue weighted by Crippen LogP contribution is -2.15. The van der Waals surface area contributed by atoms with Crippen molar-refractivity contribution in [3.63, 3.8) is 0 Å². The summed E-state index contributed by atoms with van der Waals surface area (Å²) in [5.74, 6) is -0.754. The minimum atomic E-state index is -0.645. The van der Waals surface area contributed by atoms with Gasteiger partial charge in [-0.3, -0.25) is 0 Å². The van der Waals surface area contributed by atoms with Crippen LogP contribution in [0.2, 0.25) is 5.02 Å². The molecule has 15 heavy (non-hydrogen) atoms. The fourth-order valence-electron chi connectivity index (χ4n) is 1.74. The van der Waals surface area contributed by atoms with E-state index in [0.29, 0.717) is 12.3 Å². The summed E-state index contributed by atoms with van der Waals surface area (Å²) in [6.07, 6.45) is 2.88. The molecule has 1 fully saturated rings. The van der Waals surface area contributed by atoms with Gasteiger partial charge in [-0.15, -0.1) is 0 Å². The summed E-state index contributed by atoms with van der Waals surface area (Å²) in [4.78, 5) is 0. The summed E-state index contributed by atoms with van der Waals surface area (Å²) in [5, 5.41) is 0.0624. The summed E-state index contributed by atoms with van der Waals surface area (Å²) in [6, 6.07) is 1.65. The van der Waals surface area contributed by atoms with Crippen LogP contribution < -0.4 is 5.73 Å². The average Bonchev–Trinajstić information content (AvgIpc) is 2.85. The second kappa shape index (κ2) is 4.06. The van der Waals surface area contributed by atoms with E-state index in [2.05, 4.69) is 0 Å². The van der Waals surface area contributed by atoms with Gasteiger partial charge in [0.1, 0.15) is 11.6 Å². The molecule has 0 aromatic heterocycles. The molecule has 1 atom stereocenters. The van der Waals surface area contributed by atoms with Crippen LogP contribution in [0.4, 0.5) is 8.78 Å². The Bertz CT molecular complexity index is 354. The van der Waals surface area contributed by atoms with Gasteiger partial charge < -0.3 is 5.73 Å². The van der Waals surface area contributed by atoms with E-state index < -0.39 is 17.7 Å². The minimum absolute atomic E-state index is 0.0358. The van der Waals surface area contributed by atoms with Crippen LogP contribution in [0.3, 0.4) is 0 Å². The van der Waals surface area contributed by atoms with E-state index >= 15 is 0 Å². The third kappa shape index (κ3) is 2.47. The molecule has 2 N–H and O–H groups in total. The molecular weight excluding hydrogens is 220 g/mol. The van der Waals surface area contributed by atoms with E-state index in [1.54, 1.807) is 0 Å². The third-order valence-corrected chi connectivity index (χ3v) is 2.92. The summed E-state index contributed by atoms with van der Waals surface area (Å²) >= 11 is 5.52. The Labute approximate surface area is 92.2 Å². The Balaban J connectivity index is 2.24. The van der Waals surface area contributed by atoms with Gasteiger partial charge in [0.05, 0.1) is 0 Å². The Morgan fingerprint density at radius 3 is 2.33 bits per heavy atom. The largest absolute Gasteiger partial charge is 0.324 e. The van der Waals surface area contributed by atoms with E-state index in [9.17, 15) is 8.78 Å². The zero-order chi connectivity index (χ0) is 11.0. The summed E-state index contributed by atoms with van der Waals surface area (Å²) < 4.78 is 26.9. The molecule has 0 spiro atoms. The summed E-state index contributed by atoms with van der Waals surface area (Å²) in [7, 11) is 0. The van der Waals surface area contributed by atoms with Gasteiger partial charge in [0.25, 0.3) is 0 Å². The summed E-state index contributed by atoms with van der Waals surface area (Å²) in [6.45, 7) is 0. The molecule has 1 aliphatic carbocycles. The van der Waals surface area contributed by atoms with Gasteiger partial charge in [-0.2, -0.15) is 0 Å². The van der Waals surface area contributed by atoms with E-state index in [-0.39, 0.29) is 10.6 Å². The molecule has 1 saturated carbocycles. The van der Waals surface area contributed by atoms with Gasteiger partial charge in [0.2, 0.25) is 0 Å². The van der Waals surface area contributed by atoms with Gasteiger partial charge in [-0.1, -0.05) is 24.4 Å². The number of rotatable bonds is 3. The molecule has 1 aliphatic rings. The molecule has 0 saturated heterocycles. The molecule has 0 aliphatic heterocycles. The van der Waals surface area contributed by atoms with Gasteiger partial charge in [-0.25, -0.2) is 8.78 Å². The van der Waals surface area contributed by atoms with Gasteiger partial charge in [-0.05, 0) is 24.5 Å². The van der Waals surface area contributed by atoms with Crippen molar-refractivity contribution < 1.29 is 8.78 Å². The highest BCUT2D eigenvalue weighted by Crippen LogP contribution is 2.38. The first-order chi connectivity index (χ1) is 7.08. The van der Waals surface area contributed by atoms with Crippen molar-refractivity contribution in [2.24, 2.45) is 11.7 Å². The zero-order valence-electron chi connectivity index (χ0n) is 8.14. The molecule has 0 radical (unpaired) electrons. The SMILES string of the molecule is N[C@H](CC1CC1)c1c(F)cc(Cl)cc1F. The minimum Gasteiger partial charge on any atom is -0.324 e. The molecule has 1 nitrogen and oxygen atoms in total. The molecule has 0 bridgehead atoms. The Morgan fingerprint density at radius 2 is 1.87 bits per heavy atom. The van der Waals surface area contributed by atoms with Crippen molar-refractivity contribution in [2.75, 3.05) is 0 Å². The number of nitrogens with two attached hydrogens (primary N) is 1. The molecule has 1 aromatic rings. The molecule has 82 valence electrons. The predicted molar refractivity (Wildman–Crippen MR) is 55.6 cm³/mol. The topological polar surface area (TPSA) is 26.0 Å². The van der Waals surface area contributed by atoms with E-state index in [0.717, 1.165) is 25.0 Å². The Kier molecular flexibility index (Phi) is 2.94. The van der Waals surface area contributed by atoms with E-state index in [1.807, 2.05) is 0 Å². The summed E-state index contributed by atoms with van der Waals surface area (Å²) in [5.41, 5.74) is 5.73. The maximum Gasteiger partial charge on any atom is 0.132 e. The smallest absolute Gasteiger partial charge is 0.132 e. The lowest BCUT2D eigenvalue weighted by molar-refractivity contribution is 0.498. The van der Waals surface area contributed by atoms with Crippen LogP contribution in [0, 0.1) is 17.6 Å². The van der Waals surface area contributed by atoms with Gasteiger partial charge in [0, 0.05) is 16.6 Å². The van der Waals surface area contributed by atoms with Crippen molar-refractivity contribution in [2.45, 2.75) is 25.3 Å². The third-order valence-electron chi connectivity index (χ3n) is 2.70. The fourth-order valence-corrected chi connectivity index (χ4v) is 1.93. The number of hydrogen-bond donors (Lipinski definition) is 1. The normalized spacial score (nSPS) is 17.9. The maximum atomic E-state index is 13.4. The van der Waals surface area contributed by atoms with Crippen molar-refractivity contribution >= 4 is 11.6 Å². The molecular formula is C11H12ClF2N. The van der Waals surface area contributed by atoms with Crippen LogP contribution in [0.1, 0.15) is 30.9 Å². The van der Waals surface area contributed by atoms with E-state index in [4.69, 9.17) is 17.3 Å². The first-order valence-electron chi connectivity index (χ1n) is 4.98. The fraction of sp³-hybridized carbons (Fsp3) is 0.455. The standard InChI is InChI=1S/C11H12ClF2N/c12-7-4-8(13)11(9(14)5-7)10(15)3-6-1-2-6/h4-6,10H,1-3,15H2/t10-/m1/s1. The number of halogens is 3. The molecule has 4 heteroatoms. The van der Waals surface area contributed by atoms with Gasteiger partial charge >= 0.3 is 0 Å². The number of hydrogen-bond acceptors (Lipinski definition) is 1. The van der Waals surface area contributed by atoms with Gasteiger partial charge in [0.15, 0.2) is 0 Å². The van der Waals surface area contributed by atoms with Crippen LogP contribution >= 0.6 is 11.6 Å². The highest BCUT2D eigenvalue weighted by Gasteiger charge is 2.27. The van der Waals surface area contributed by atoms with Crippen molar-refractivity contribution in [3.05, 3.63) is 34.4 Å². The van der Waals surface area contributed by atoms with Crippen molar-refractivity contribution in [3.8, 4) is 0 Å². The molecule has 2 rings (SSSR count). The van der Waals surface area contributed by atoms with E-state index in [1.165, 1.54) is 0 Å². The first-order valence-corrected chi connectivity index (χ1v) is 5.35. The quantitative estimate of drug-likeness (QED) is 0.848. The second-order valence-electron chi connectivity index (χ2n) is 4.07. The zero-order valence-corrected chi connectivity index (χ0v) is 8.90. The molecule has 0 amide bonds. The van der Waals surface area contributed by atoms with Crippen molar-refractivity contribution in [1.29, 1.82) is 0 Å². The van der Waals surface area contributed by atoms with Crippen molar-refractivity contribution in [1.82, 2.24) is 0 Å². The average molecular weight is 232 g/mol. The molecule has 1 aromatic carbocycles. The second-order valence-corrected chi connectivity index (χ2v) is 4.51. The van der Waals surface area contributed by atoms with Crippen LogP contribution in [-0.2, 0) is 0 Å². The molecule has 0 heterocycles. The number of benzene rings is 1. The van der Waals surface area contributed by atoms with Crippen LogP contribution in [-0.4, -0.2) is 0 Å². The molecule has 0 unspecified atom stereocenters. The van der Waals surface area contributed by atoms with Crippen LogP contribution in [0.15, 0.2) is 12.1 Å². The Hall–Kier alpha value is -0.670.